The molecule has 1 aromatic heterocycles. The topological polar surface area (TPSA) is 71.3 Å². The number of benzene rings is 2. The Morgan fingerprint density at radius 3 is 2.30 bits per heavy atom. The normalized spacial score (nSPS) is 11.4. The van der Waals surface area contributed by atoms with Gasteiger partial charge in [-0.2, -0.15) is 5.10 Å². The third-order valence-corrected chi connectivity index (χ3v) is 4.98. The molecule has 0 saturated heterocycles. The molecule has 3 aromatic rings. The molecule has 1 amide bonds. The highest BCUT2D eigenvalue weighted by Gasteiger charge is 2.13. The van der Waals surface area contributed by atoms with Gasteiger partial charge < -0.3 is 5.32 Å². The number of rotatable bonds is 5. The average Bonchev–Trinajstić information content (AvgIpc) is 2.99. The van der Waals surface area contributed by atoms with Crippen molar-refractivity contribution in [1.82, 2.24) is 15.1 Å². The van der Waals surface area contributed by atoms with Crippen LogP contribution in [-0.4, -0.2) is 21.6 Å². The Bertz CT molecular complexity index is 1050. The molecule has 0 aliphatic carbocycles. The number of nitrogens with one attached hydrogen (secondary N) is 2. The predicted molar refractivity (Wildman–Crippen MR) is 122 cm³/mol. The van der Waals surface area contributed by atoms with Crippen LogP contribution < -0.4 is 10.6 Å². The van der Waals surface area contributed by atoms with E-state index in [9.17, 15) is 4.79 Å². The number of guanidine groups is 1. The molecule has 0 fully saturated rings. The van der Waals surface area contributed by atoms with Crippen molar-refractivity contribution in [1.29, 1.82) is 0 Å². The third kappa shape index (κ3) is 5.14. The molecule has 1 heterocycles. The van der Waals surface area contributed by atoms with Crippen LogP contribution in [0.1, 0.15) is 45.4 Å². The van der Waals surface area contributed by atoms with Gasteiger partial charge in [0.1, 0.15) is 0 Å². The molecule has 2 N–H and O–H groups in total. The van der Waals surface area contributed by atoms with E-state index in [0.29, 0.717) is 18.1 Å². The largest absolute Gasteiger partial charge is 0.326 e. The number of aromatic nitrogens is 2. The number of hydrogen-bond acceptors (Lipinski definition) is 3. The molecule has 0 aliphatic rings. The van der Waals surface area contributed by atoms with Gasteiger partial charge in [0, 0.05) is 29.1 Å². The Morgan fingerprint density at radius 2 is 1.70 bits per heavy atom. The standard InChI is InChI=1S/C24H29N5O/c1-6-29-19(5)22(18(4)28-29)15-25-24(26-21-10-8-7-9-11-21)27-23(30)20-13-16(2)12-17(3)14-20/h7-14H,6,15H2,1-5H3,(H2,25,26,27,30). The van der Waals surface area contributed by atoms with E-state index in [0.717, 1.165) is 40.3 Å². The number of carbonyl (C=O) groups is 1. The molecule has 6 heteroatoms. The van der Waals surface area contributed by atoms with E-state index in [4.69, 9.17) is 0 Å². The van der Waals surface area contributed by atoms with Crippen LogP contribution in [0.2, 0.25) is 0 Å². The third-order valence-electron chi connectivity index (χ3n) is 4.98. The molecule has 0 spiro atoms. The van der Waals surface area contributed by atoms with Crippen LogP contribution in [0.15, 0.2) is 53.5 Å². The summed E-state index contributed by atoms with van der Waals surface area (Å²) in [7, 11) is 0. The molecule has 0 aliphatic heterocycles. The van der Waals surface area contributed by atoms with Gasteiger partial charge in [0.05, 0.1) is 12.2 Å². The van der Waals surface area contributed by atoms with Gasteiger partial charge in [0.25, 0.3) is 5.91 Å². The van der Waals surface area contributed by atoms with Crippen LogP contribution in [0.25, 0.3) is 0 Å². The van der Waals surface area contributed by atoms with Gasteiger partial charge in [0.2, 0.25) is 5.96 Å². The molecule has 0 radical (unpaired) electrons. The van der Waals surface area contributed by atoms with Gasteiger partial charge in [-0.05, 0) is 58.9 Å². The Labute approximate surface area is 178 Å². The van der Waals surface area contributed by atoms with Crippen molar-refractivity contribution in [3.8, 4) is 0 Å². The molecule has 156 valence electrons. The van der Waals surface area contributed by atoms with Crippen molar-refractivity contribution in [2.75, 3.05) is 5.32 Å². The van der Waals surface area contributed by atoms with Crippen molar-refractivity contribution >= 4 is 17.6 Å². The first-order chi connectivity index (χ1) is 14.4. The number of amides is 1. The van der Waals surface area contributed by atoms with Crippen LogP contribution in [0.4, 0.5) is 5.69 Å². The first-order valence-electron chi connectivity index (χ1n) is 10.2. The Morgan fingerprint density at radius 1 is 1.03 bits per heavy atom. The molecule has 30 heavy (non-hydrogen) atoms. The van der Waals surface area contributed by atoms with Crippen molar-refractivity contribution in [3.05, 3.63) is 82.2 Å². The van der Waals surface area contributed by atoms with Crippen molar-refractivity contribution in [2.45, 2.75) is 47.7 Å². The van der Waals surface area contributed by atoms with Crippen LogP contribution in [-0.2, 0) is 13.1 Å². The van der Waals surface area contributed by atoms with Gasteiger partial charge in [0.15, 0.2) is 0 Å². The van der Waals surface area contributed by atoms with Crippen molar-refractivity contribution < 1.29 is 4.79 Å². The van der Waals surface area contributed by atoms with E-state index in [1.807, 2.05) is 80.9 Å². The smallest absolute Gasteiger partial charge is 0.257 e. The Hall–Kier alpha value is -3.41. The SMILES string of the molecule is CCn1nc(C)c(CN=C(NC(=O)c2cc(C)cc(C)c2)Nc2ccccc2)c1C. The highest BCUT2D eigenvalue weighted by molar-refractivity contribution is 6.10. The molecular formula is C24H29N5O. The molecular weight excluding hydrogens is 374 g/mol. The minimum absolute atomic E-state index is 0.193. The summed E-state index contributed by atoms with van der Waals surface area (Å²) in [6.45, 7) is 11.3. The minimum Gasteiger partial charge on any atom is -0.326 e. The summed E-state index contributed by atoms with van der Waals surface area (Å²) in [4.78, 5) is 17.6. The molecule has 2 aromatic carbocycles. The van der Waals surface area contributed by atoms with E-state index in [2.05, 4.69) is 27.6 Å². The number of aliphatic imine (C=N–C) groups is 1. The van der Waals surface area contributed by atoms with E-state index < -0.39 is 0 Å². The van der Waals surface area contributed by atoms with Crippen LogP contribution in [0.3, 0.4) is 0 Å². The second-order valence-corrected chi connectivity index (χ2v) is 7.45. The summed E-state index contributed by atoms with van der Waals surface area (Å²) >= 11 is 0. The first kappa shape index (κ1) is 21.3. The summed E-state index contributed by atoms with van der Waals surface area (Å²) in [6.07, 6.45) is 0. The average molecular weight is 404 g/mol. The number of aryl methyl sites for hydroxylation is 4. The zero-order chi connectivity index (χ0) is 21.7. The Balaban J connectivity index is 1.87. The fourth-order valence-corrected chi connectivity index (χ4v) is 3.48. The zero-order valence-electron chi connectivity index (χ0n) is 18.3. The van der Waals surface area contributed by atoms with E-state index in [1.54, 1.807) is 0 Å². The minimum atomic E-state index is -0.193. The quantitative estimate of drug-likeness (QED) is 0.485. The maximum atomic E-state index is 12.9. The zero-order valence-corrected chi connectivity index (χ0v) is 18.3. The highest BCUT2D eigenvalue weighted by atomic mass is 16.1. The summed E-state index contributed by atoms with van der Waals surface area (Å²) in [5.74, 6) is 0.218. The number of hydrogen-bond donors (Lipinski definition) is 2. The number of anilines is 1. The maximum Gasteiger partial charge on any atom is 0.257 e. The van der Waals surface area contributed by atoms with E-state index in [-0.39, 0.29) is 5.91 Å². The number of para-hydroxylation sites is 1. The van der Waals surface area contributed by atoms with E-state index >= 15 is 0 Å². The Kier molecular flexibility index (Phi) is 6.67. The van der Waals surface area contributed by atoms with Crippen LogP contribution in [0.5, 0.6) is 0 Å². The molecule has 0 unspecified atom stereocenters. The summed E-state index contributed by atoms with van der Waals surface area (Å²) in [5.41, 5.74) is 6.69. The summed E-state index contributed by atoms with van der Waals surface area (Å²) < 4.78 is 1.97. The molecule has 6 nitrogen and oxygen atoms in total. The van der Waals surface area contributed by atoms with Crippen molar-refractivity contribution in [3.63, 3.8) is 0 Å². The van der Waals surface area contributed by atoms with Crippen molar-refractivity contribution in [2.24, 2.45) is 4.99 Å². The lowest BCUT2D eigenvalue weighted by molar-refractivity contribution is 0.0976. The lowest BCUT2D eigenvalue weighted by Gasteiger charge is -2.13. The monoisotopic (exact) mass is 403 g/mol. The predicted octanol–water partition coefficient (Wildman–Crippen LogP) is 4.53. The van der Waals surface area contributed by atoms with Gasteiger partial charge in [-0.1, -0.05) is 35.4 Å². The maximum absolute atomic E-state index is 12.9. The number of nitrogens with zero attached hydrogens (tertiary/aromatic N) is 3. The lowest BCUT2D eigenvalue weighted by atomic mass is 10.1. The first-order valence-corrected chi connectivity index (χ1v) is 10.2. The fourth-order valence-electron chi connectivity index (χ4n) is 3.48. The second kappa shape index (κ2) is 9.39. The molecule has 3 rings (SSSR count). The number of carbonyl (C=O) groups excluding carboxylic acids is 1. The van der Waals surface area contributed by atoms with Crippen LogP contribution >= 0.6 is 0 Å². The lowest BCUT2D eigenvalue weighted by Crippen LogP contribution is -2.36. The summed E-state index contributed by atoms with van der Waals surface area (Å²) in [5, 5.41) is 10.7. The van der Waals surface area contributed by atoms with Crippen LogP contribution in [0, 0.1) is 27.7 Å². The molecule has 0 atom stereocenters. The van der Waals surface area contributed by atoms with Gasteiger partial charge >= 0.3 is 0 Å². The van der Waals surface area contributed by atoms with Gasteiger partial charge in [-0.3, -0.25) is 14.8 Å². The fraction of sp³-hybridized carbons (Fsp3) is 0.292. The van der Waals surface area contributed by atoms with Gasteiger partial charge in [-0.15, -0.1) is 0 Å². The summed E-state index contributed by atoms with van der Waals surface area (Å²) in [6, 6.07) is 15.5. The van der Waals surface area contributed by atoms with Gasteiger partial charge in [-0.25, -0.2) is 4.99 Å². The van der Waals surface area contributed by atoms with E-state index in [1.165, 1.54) is 0 Å². The highest BCUT2D eigenvalue weighted by Crippen LogP contribution is 2.15. The second-order valence-electron chi connectivity index (χ2n) is 7.45. The molecule has 0 saturated carbocycles. The molecule has 0 bridgehead atoms.